The lowest BCUT2D eigenvalue weighted by Gasteiger charge is -2.44. The molecular weight excluding hydrogens is 294 g/mol. The largest absolute Gasteiger partial charge is 0.295 e. The van der Waals surface area contributed by atoms with E-state index in [0.717, 1.165) is 12.0 Å². The van der Waals surface area contributed by atoms with Crippen molar-refractivity contribution in [2.24, 2.45) is 5.92 Å². The van der Waals surface area contributed by atoms with Gasteiger partial charge in [-0.1, -0.05) is 12.8 Å². The van der Waals surface area contributed by atoms with Crippen molar-refractivity contribution in [2.75, 3.05) is 6.54 Å². The molecule has 0 unspecified atom stereocenters. The van der Waals surface area contributed by atoms with Crippen molar-refractivity contribution in [3.8, 4) is 0 Å². The Labute approximate surface area is 116 Å². The summed E-state index contributed by atoms with van der Waals surface area (Å²) in [5.74, 6) is 1.00. The summed E-state index contributed by atoms with van der Waals surface area (Å²) in [6.07, 6.45) is 8.74. The fourth-order valence-electron chi connectivity index (χ4n) is 3.56. The van der Waals surface area contributed by atoms with Crippen LogP contribution in [0.4, 0.5) is 0 Å². The Bertz CT molecular complexity index is 374. The summed E-state index contributed by atoms with van der Waals surface area (Å²) in [6.45, 7) is 2.49. The molecule has 1 aromatic heterocycles. The molecule has 2 aliphatic rings. The number of fused-ring (bicyclic) bond motifs is 1. The molecule has 3 heteroatoms. The molecule has 2 heterocycles. The molecule has 1 aromatic rings. The van der Waals surface area contributed by atoms with Crippen molar-refractivity contribution in [1.82, 2.24) is 4.90 Å². The molecule has 2 fully saturated rings. The van der Waals surface area contributed by atoms with Crippen molar-refractivity contribution in [1.29, 1.82) is 0 Å². The standard InChI is InChI=1S/C14H20BrNS/c15-12-8-13(17-10-12)9-16-7-3-5-11-4-1-2-6-14(11)16/h8,10-11,14H,1-7,9H2/t11-,14-/m1/s1. The van der Waals surface area contributed by atoms with Crippen molar-refractivity contribution in [3.05, 3.63) is 20.8 Å². The fourth-order valence-corrected chi connectivity index (χ4v) is 5.04. The Hall–Kier alpha value is 0.140. The number of rotatable bonds is 2. The molecular formula is C14H20BrNS. The highest BCUT2D eigenvalue weighted by atomic mass is 79.9. The van der Waals surface area contributed by atoms with E-state index in [2.05, 4.69) is 32.3 Å². The van der Waals surface area contributed by atoms with Gasteiger partial charge in [0.05, 0.1) is 0 Å². The normalized spacial score (nSPS) is 30.2. The second kappa shape index (κ2) is 5.41. The number of likely N-dealkylation sites (tertiary alicyclic amines) is 1. The molecule has 3 rings (SSSR count). The Balaban J connectivity index is 1.68. The van der Waals surface area contributed by atoms with Crippen LogP contribution >= 0.6 is 27.3 Å². The highest BCUT2D eigenvalue weighted by molar-refractivity contribution is 9.10. The first-order valence-corrected chi connectivity index (χ1v) is 8.47. The molecule has 0 bridgehead atoms. The van der Waals surface area contributed by atoms with Crippen molar-refractivity contribution < 1.29 is 0 Å². The van der Waals surface area contributed by atoms with Gasteiger partial charge in [-0.3, -0.25) is 4.90 Å². The predicted molar refractivity (Wildman–Crippen MR) is 77.4 cm³/mol. The third-order valence-electron chi connectivity index (χ3n) is 4.34. The van der Waals surface area contributed by atoms with E-state index in [1.54, 1.807) is 0 Å². The third-order valence-corrected chi connectivity index (χ3v) is 6.02. The van der Waals surface area contributed by atoms with E-state index in [1.165, 1.54) is 61.0 Å². The van der Waals surface area contributed by atoms with Crippen LogP contribution in [-0.4, -0.2) is 17.5 Å². The second-order valence-corrected chi connectivity index (χ2v) is 7.37. The number of piperidine rings is 1. The topological polar surface area (TPSA) is 3.24 Å². The van der Waals surface area contributed by atoms with Gasteiger partial charge in [0.2, 0.25) is 0 Å². The van der Waals surface area contributed by atoms with Crippen LogP contribution in [-0.2, 0) is 6.54 Å². The van der Waals surface area contributed by atoms with Crippen molar-refractivity contribution in [2.45, 2.75) is 51.1 Å². The van der Waals surface area contributed by atoms with Crippen molar-refractivity contribution in [3.63, 3.8) is 0 Å². The SMILES string of the molecule is Brc1csc(CN2CCC[C@H]3CCCC[C@H]32)c1. The first-order chi connectivity index (χ1) is 8.33. The summed E-state index contributed by atoms with van der Waals surface area (Å²) in [5, 5.41) is 2.21. The van der Waals surface area contributed by atoms with E-state index >= 15 is 0 Å². The molecule has 1 saturated carbocycles. The zero-order valence-electron chi connectivity index (χ0n) is 10.2. The van der Waals surface area contributed by atoms with E-state index in [9.17, 15) is 0 Å². The van der Waals surface area contributed by atoms with Gasteiger partial charge >= 0.3 is 0 Å². The van der Waals surface area contributed by atoms with Crippen LogP contribution in [0.15, 0.2) is 15.9 Å². The average molecular weight is 314 g/mol. The maximum absolute atomic E-state index is 3.56. The number of hydrogen-bond acceptors (Lipinski definition) is 2. The monoisotopic (exact) mass is 313 g/mol. The van der Waals surface area contributed by atoms with Crippen LogP contribution < -0.4 is 0 Å². The first-order valence-electron chi connectivity index (χ1n) is 6.80. The summed E-state index contributed by atoms with van der Waals surface area (Å²) in [5.41, 5.74) is 0. The predicted octanol–water partition coefficient (Wildman–Crippen LogP) is 4.67. The molecule has 0 radical (unpaired) electrons. The lowest BCUT2D eigenvalue weighted by Crippen LogP contribution is -2.46. The molecule has 17 heavy (non-hydrogen) atoms. The van der Waals surface area contributed by atoms with Crippen LogP contribution in [0.1, 0.15) is 43.4 Å². The molecule has 0 N–H and O–H groups in total. The summed E-state index contributed by atoms with van der Waals surface area (Å²) in [7, 11) is 0. The van der Waals surface area contributed by atoms with E-state index in [4.69, 9.17) is 0 Å². The van der Waals surface area contributed by atoms with Gasteiger partial charge in [-0.2, -0.15) is 0 Å². The van der Waals surface area contributed by atoms with Gasteiger partial charge in [-0.25, -0.2) is 0 Å². The van der Waals surface area contributed by atoms with Gasteiger partial charge in [-0.05, 0) is 60.1 Å². The summed E-state index contributed by atoms with van der Waals surface area (Å²) < 4.78 is 1.25. The molecule has 1 nitrogen and oxygen atoms in total. The van der Waals surface area contributed by atoms with E-state index in [-0.39, 0.29) is 0 Å². The lowest BCUT2D eigenvalue weighted by atomic mass is 9.78. The van der Waals surface area contributed by atoms with E-state index in [0.29, 0.717) is 0 Å². The highest BCUT2D eigenvalue weighted by Crippen LogP contribution is 2.36. The summed E-state index contributed by atoms with van der Waals surface area (Å²) in [4.78, 5) is 4.27. The third kappa shape index (κ3) is 2.77. The zero-order valence-corrected chi connectivity index (χ0v) is 12.6. The highest BCUT2D eigenvalue weighted by Gasteiger charge is 2.32. The number of hydrogen-bond donors (Lipinski definition) is 0. The Morgan fingerprint density at radius 2 is 2.06 bits per heavy atom. The molecule has 1 aliphatic heterocycles. The van der Waals surface area contributed by atoms with E-state index in [1.807, 2.05) is 11.3 Å². The molecule has 0 aromatic carbocycles. The summed E-state index contributed by atoms with van der Waals surface area (Å²) >= 11 is 5.45. The molecule has 1 aliphatic carbocycles. The average Bonchev–Trinajstić information content (AvgIpc) is 2.75. The number of nitrogens with zero attached hydrogens (tertiary/aromatic N) is 1. The van der Waals surface area contributed by atoms with Gasteiger partial charge in [0.15, 0.2) is 0 Å². The van der Waals surface area contributed by atoms with E-state index < -0.39 is 0 Å². The minimum atomic E-state index is 0.887. The fraction of sp³-hybridized carbons (Fsp3) is 0.714. The van der Waals surface area contributed by atoms with Crippen LogP contribution in [0.25, 0.3) is 0 Å². The quantitative estimate of drug-likeness (QED) is 0.767. The molecule has 0 spiro atoms. The molecule has 1 saturated heterocycles. The van der Waals surface area contributed by atoms with Crippen molar-refractivity contribution >= 4 is 27.3 Å². The Morgan fingerprint density at radius 3 is 2.88 bits per heavy atom. The van der Waals surface area contributed by atoms with Gasteiger partial charge in [-0.15, -0.1) is 11.3 Å². The second-order valence-electron chi connectivity index (χ2n) is 5.46. The molecule has 0 amide bonds. The maximum Gasteiger partial charge on any atom is 0.0331 e. The smallest absolute Gasteiger partial charge is 0.0331 e. The van der Waals surface area contributed by atoms with Gasteiger partial charge in [0, 0.05) is 27.3 Å². The van der Waals surface area contributed by atoms with Crippen LogP contribution in [0, 0.1) is 5.92 Å². The zero-order chi connectivity index (χ0) is 11.7. The van der Waals surface area contributed by atoms with Crippen LogP contribution in [0.3, 0.4) is 0 Å². The minimum Gasteiger partial charge on any atom is -0.295 e. The van der Waals surface area contributed by atoms with Crippen LogP contribution in [0.2, 0.25) is 0 Å². The first kappa shape index (κ1) is 12.2. The number of thiophene rings is 1. The number of halogens is 1. The Kier molecular flexibility index (Phi) is 3.88. The molecule has 94 valence electrons. The van der Waals surface area contributed by atoms with Gasteiger partial charge < -0.3 is 0 Å². The minimum absolute atomic E-state index is 0.887. The van der Waals surface area contributed by atoms with Gasteiger partial charge in [0.1, 0.15) is 0 Å². The lowest BCUT2D eigenvalue weighted by molar-refractivity contribution is 0.0555. The van der Waals surface area contributed by atoms with Gasteiger partial charge in [0.25, 0.3) is 0 Å². The summed E-state index contributed by atoms with van der Waals surface area (Å²) in [6, 6.07) is 3.18. The molecule has 2 atom stereocenters. The Morgan fingerprint density at radius 1 is 1.24 bits per heavy atom. The maximum atomic E-state index is 3.56. The van der Waals surface area contributed by atoms with Crippen LogP contribution in [0.5, 0.6) is 0 Å².